The van der Waals surface area contributed by atoms with E-state index in [2.05, 4.69) is 5.32 Å². The van der Waals surface area contributed by atoms with Crippen LogP contribution in [0.15, 0.2) is 30.3 Å². The molecular formula is C16H21N3O6. The first-order valence-electron chi connectivity index (χ1n) is 7.86. The van der Waals surface area contributed by atoms with Gasteiger partial charge in [-0.1, -0.05) is 30.3 Å². The van der Waals surface area contributed by atoms with E-state index in [1.54, 1.807) is 4.90 Å². The third kappa shape index (κ3) is 5.64. The minimum atomic E-state index is -1.13. The van der Waals surface area contributed by atoms with E-state index in [-0.39, 0.29) is 26.2 Å². The number of carboxylic acid groups (broad SMARTS) is 2. The Hall–Kier alpha value is -2.81. The van der Waals surface area contributed by atoms with Gasteiger partial charge in [-0.05, 0) is 5.56 Å². The summed E-state index contributed by atoms with van der Waals surface area (Å²) >= 11 is 0. The Kier molecular flexibility index (Phi) is 6.58. The topological polar surface area (TPSA) is 119 Å². The normalized spacial score (nSPS) is 17.8. The van der Waals surface area contributed by atoms with E-state index < -0.39 is 24.2 Å². The maximum absolute atomic E-state index is 11.7. The number of carboxylic acids is 1. The van der Waals surface area contributed by atoms with Crippen molar-refractivity contribution in [2.45, 2.75) is 12.6 Å². The number of hydrogen-bond donors (Lipinski definition) is 3. The van der Waals surface area contributed by atoms with Crippen LogP contribution in [-0.4, -0.2) is 76.9 Å². The van der Waals surface area contributed by atoms with Crippen LogP contribution in [0.4, 0.5) is 9.59 Å². The summed E-state index contributed by atoms with van der Waals surface area (Å²) in [5, 5.41) is 20.8. The quantitative estimate of drug-likeness (QED) is 0.689. The van der Waals surface area contributed by atoms with Crippen molar-refractivity contribution in [2.75, 3.05) is 32.7 Å². The van der Waals surface area contributed by atoms with Crippen LogP contribution in [0, 0.1) is 0 Å². The zero-order valence-electron chi connectivity index (χ0n) is 13.6. The van der Waals surface area contributed by atoms with Crippen molar-refractivity contribution in [1.29, 1.82) is 0 Å². The maximum Gasteiger partial charge on any atom is 0.407 e. The number of ether oxygens (including phenoxy) is 1. The van der Waals surface area contributed by atoms with Crippen LogP contribution in [0.5, 0.6) is 0 Å². The molecule has 1 saturated heterocycles. The van der Waals surface area contributed by atoms with E-state index in [1.165, 1.54) is 0 Å². The number of hydrogen-bond acceptors (Lipinski definition) is 5. The molecule has 25 heavy (non-hydrogen) atoms. The van der Waals surface area contributed by atoms with Crippen LogP contribution in [0.3, 0.4) is 0 Å². The Balaban J connectivity index is 1.73. The minimum absolute atomic E-state index is 0.0941. The van der Waals surface area contributed by atoms with Crippen molar-refractivity contribution in [3.63, 3.8) is 0 Å². The fourth-order valence-electron chi connectivity index (χ4n) is 2.57. The molecule has 1 aliphatic rings. The van der Waals surface area contributed by atoms with Crippen LogP contribution < -0.4 is 5.32 Å². The summed E-state index contributed by atoms with van der Waals surface area (Å²) in [6.45, 7) is 1.10. The molecule has 2 rings (SSSR count). The SMILES string of the molecule is O=C(NCCN1CCN(C(=O)O)CC1C(=O)O)OCc1ccccc1. The third-order valence-electron chi connectivity index (χ3n) is 3.93. The predicted octanol–water partition coefficient (Wildman–Crippen LogP) is 0.662. The number of carbonyl (C=O) groups excluding carboxylic acids is 1. The van der Waals surface area contributed by atoms with Gasteiger partial charge in [0.1, 0.15) is 12.6 Å². The molecule has 1 heterocycles. The van der Waals surface area contributed by atoms with Gasteiger partial charge in [0.2, 0.25) is 0 Å². The van der Waals surface area contributed by atoms with Crippen LogP contribution >= 0.6 is 0 Å². The van der Waals surface area contributed by atoms with Crippen LogP contribution in [0.1, 0.15) is 5.56 Å². The van der Waals surface area contributed by atoms with Crippen molar-refractivity contribution >= 4 is 18.2 Å². The molecule has 1 aliphatic heterocycles. The predicted molar refractivity (Wildman–Crippen MR) is 87.2 cm³/mol. The molecule has 2 amide bonds. The van der Waals surface area contributed by atoms with Crippen LogP contribution in [0.25, 0.3) is 0 Å². The van der Waals surface area contributed by atoms with Crippen LogP contribution in [-0.2, 0) is 16.1 Å². The Morgan fingerprint density at radius 1 is 1.16 bits per heavy atom. The summed E-state index contributed by atoms with van der Waals surface area (Å²) in [6, 6.07) is 8.32. The highest BCUT2D eigenvalue weighted by Gasteiger charge is 2.33. The number of carbonyl (C=O) groups is 3. The first-order valence-corrected chi connectivity index (χ1v) is 7.86. The smallest absolute Gasteiger partial charge is 0.407 e. The number of nitrogens with one attached hydrogen (secondary N) is 1. The van der Waals surface area contributed by atoms with Crippen molar-refractivity contribution in [3.8, 4) is 0 Å². The summed E-state index contributed by atoms with van der Waals surface area (Å²) in [4.78, 5) is 36.7. The van der Waals surface area contributed by atoms with E-state index in [9.17, 15) is 19.5 Å². The van der Waals surface area contributed by atoms with Crippen molar-refractivity contribution in [2.24, 2.45) is 0 Å². The van der Waals surface area contributed by atoms with Gasteiger partial charge in [0.15, 0.2) is 0 Å². The van der Waals surface area contributed by atoms with E-state index in [4.69, 9.17) is 9.84 Å². The molecule has 1 atom stereocenters. The number of aliphatic carboxylic acids is 1. The first-order chi connectivity index (χ1) is 12.0. The van der Waals surface area contributed by atoms with Gasteiger partial charge >= 0.3 is 18.2 Å². The van der Waals surface area contributed by atoms with Gasteiger partial charge in [-0.3, -0.25) is 9.69 Å². The highest BCUT2D eigenvalue weighted by Crippen LogP contribution is 2.10. The summed E-state index contributed by atoms with van der Waals surface area (Å²) in [5.41, 5.74) is 0.869. The number of rotatable bonds is 6. The number of alkyl carbamates (subject to hydrolysis) is 1. The second-order valence-electron chi connectivity index (χ2n) is 5.61. The number of nitrogens with zero attached hydrogens (tertiary/aromatic N) is 2. The number of benzene rings is 1. The molecule has 0 spiro atoms. The Morgan fingerprint density at radius 2 is 1.88 bits per heavy atom. The average Bonchev–Trinajstić information content (AvgIpc) is 2.60. The highest BCUT2D eigenvalue weighted by atomic mass is 16.5. The summed E-state index contributed by atoms with van der Waals surface area (Å²) in [5.74, 6) is -1.09. The lowest BCUT2D eigenvalue weighted by atomic mass is 10.1. The van der Waals surface area contributed by atoms with Crippen molar-refractivity contribution in [3.05, 3.63) is 35.9 Å². The van der Waals surface area contributed by atoms with Gasteiger partial charge < -0.3 is 25.2 Å². The molecule has 3 N–H and O–H groups in total. The summed E-state index contributed by atoms with van der Waals surface area (Å²) in [6.07, 6.45) is -1.71. The van der Waals surface area contributed by atoms with Gasteiger partial charge in [0.05, 0.1) is 6.54 Å². The van der Waals surface area contributed by atoms with Gasteiger partial charge in [0, 0.05) is 26.2 Å². The molecule has 0 bridgehead atoms. The van der Waals surface area contributed by atoms with Crippen molar-refractivity contribution in [1.82, 2.24) is 15.1 Å². The zero-order valence-corrected chi connectivity index (χ0v) is 13.6. The Bertz CT molecular complexity index is 609. The first kappa shape index (κ1) is 18.5. The van der Waals surface area contributed by atoms with Gasteiger partial charge in [-0.15, -0.1) is 0 Å². The zero-order chi connectivity index (χ0) is 18.2. The van der Waals surface area contributed by atoms with Gasteiger partial charge in [0.25, 0.3) is 0 Å². The monoisotopic (exact) mass is 351 g/mol. The molecule has 9 nitrogen and oxygen atoms in total. The van der Waals surface area contributed by atoms with Gasteiger partial charge in [-0.2, -0.15) is 0 Å². The molecule has 1 aromatic rings. The summed E-state index contributed by atoms with van der Waals surface area (Å²) in [7, 11) is 0. The minimum Gasteiger partial charge on any atom is -0.480 e. The van der Waals surface area contributed by atoms with Gasteiger partial charge in [-0.25, -0.2) is 9.59 Å². The molecule has 1 fully saturated rings. The Morgan fingerprint density at radius 3 is 2.52 bits per heavy atom. The lowest BCUT2D eigenvalue weighted by molar-refractivity contribution is -0.145. The fraction of sp³-hybridized carbons (Fsp3) is 0.438. The molecule has 136 valence electrons. The fourth-order valence-corrected chi connectivity index (χ4v) is 2.57. The van der Waals surface area contributed by atoms with Crippen LogP contribution in [0.2, 0.25) is 0 Å². The average molecular weight is 351 g/mol. The molecule has 9 heteroatoms. The molecule has 0 saturated carbocycles. The third-order valence-corrected chi connectivity index (χ3v) is 3.93. The lowest BCUT2D eigenvalue weighted by Gasteiger charge is -2.37. The molecule has 0 aromatic heterocycles. The second kappa shape index (κ2) is 8.88. The molecular weight excluding hydrogens is 330 g/mol. The standard InChI is InChI=1S/C16H21N3O6/c20-14(21)13-10-19(16(23)24)9-8-18(13)7-6-17-15(22)25-11-12-4-2-1-3-5-12/h1-5,13H,6-11H2,(H,17,22)(H,20,21)(H,23,24). The largest absolute Gasteiger partial charge is 0.480 e. The van der Waals surface area contributed by atoms with E-state index in [0.717, 1.165) is 10.5 Å². The number of amides is 2. The molecule has 0 radical (unpaired) electrons. The number of piperazine rings is 1. The van der Waals surface area contributed by atoms with E-state index in [1.807, 2.05) is 30.3 Å². The van der Waals surface area contributed by atoms with Crippen molar-refractivity contribution < 1.29 is 29.3 Å². The Labute approximate surface area is 144 Å². The highest BCUT2D eigenvalue weighted by molar-refractivity contribution is 5.75. The van der Waals surface area contributed by atoms with E-state index in [0.29, 0.717) is 13.1 Å². The van der Waals surface area contributed by atoms with E-state index >= 15 is 0 Å². The molecule has 0 aliphatic carbocycles. The lowest BCUT2D eigenvalue weighted by Crippen LogP contribution is -2.58. The maximum atomic E-state index is 11.7. The second-order valence-corrected chi connectivity index (χ2v) is 5.61. The summed E-state index contributed by atoms with van der Waals surface area (Å²) < 4.78 is 5.07. The molecule has 1 aromatic carbocycles. The molecule has 1 unspecified atom stereocenters.